The van der Waals surface area contributed by atoms with Crippen LogP contribution >= 0.6 is 0 Å². The molecule has 0 saturated heterocycles. The first-order valence-electron chi connectivity index (χ1n) is 4.95. The zero-order valence-corrected chi connectivity index (χ0v) is 8.83. The minimum atomic E-state index is 0.0881. The smallest absolute Gasteiger partial charge is 0.192 e. The molecule has 1 N–H and O–H groups in total. The number of fused-ring (bicyclic) bond motifs is 1. The minimum Gasteiger partial charge on any atom is -0.495 e. The number of para-hydroxylation sites is 1. The summed E-state index contributed by atoms with van der Waals surface area (Å²) in [7, 11) is 1.60. The molecule has 2 rings (SSSR count). The Labute approximate surface area is 87.7 Å². The van der Waals surface area contributed by atoms with Gasteiger partial charge in [-0.3, -0.25) is 4.79 Å². The van der Waals surface area contributed by atoms with Gasteiger partial charge in [-0.05, 0) is 18.6 Å². The van der Waals surface area contributed by atoms with Crippen LogP contribution in [0.5, 0.6) is 5.75 Å². The zero-order chi connectivity index (χ0) is 10.8. The number of aryl methyl sites for hydroxylation is 1. The van der Waals surface area contributed by atoms with Gasteiger partial charge in [-0.2, -0.15) is 0 Å². The van der Waals surface area contributed by atoms with E-state index in [2.05, 4.69) is 4.98 Å². The third kappa shape index (κ3) is 1.50. The van der Waals surface area contributed by atoms with Crippen LogP contribution in [-0.4, -0.2) is 12.1 Å². The van der Waals surface area contributed by atoms with Crippen molar-refractivity contribution in [2.24, 2.45) is 0 Å². The molecule has 0 saturated carbocycles. The Morgan fingerprint density at radius 2 is 2.20 bits per heavy atom. The predicted molar refractivity (Wildman–Crippen MR) is 60.5 cm³/mol. The van der Waals surface area contributed by atoms with Gasteiger partial charge in [-0.25, -0.2) is 0 Å². The molecule has 0 spiro atoms. The largest absolute Gasteiger partial charge is 0.495 e. The Morgan fingerprint density at radius 3 is 2.87 bits per heavy atom. The monoisotopic (exact) mass is 203 g/mol. The molecule has 0 atom stereocenters. The van der Waals surface area contributed by atoms with Gasteiger partial charge in [-0.1, -0.05) is 13.0 Å². The maximum absolute atomic E-state index is 12.0. The van der Waals surface area contributed by atoms with Gasteiger partial charge in [0.1, 0.15) is 5.75 Å². The van der Waals surface area contributed by atoms with Crippen LogP contribution in [0, 0.1) is 0 Å². The molecule has 3 heteroatoms. The molecule has 0 amide bonds. The van der Waals surface area contributed by atoms with Crippen molar-refractivity contribution in [3.05, 3.63) is 40.2 Å². The highest BCUT2D eigenvalue weighted by Crippen LogP contribution is 2.20. The lowest BCUT2D eigenvalue weighted by molar-refractivity contribution is 0.419. The molecule has 0 radical (unpaired) electrons. The first-order chi connectivity index (χ1) is 7.27. The lowest BCUT2D eigenvalue weighted by Crippen LogP contribution is -2.09. The molecule has 3 nitrogen and oxygen atoms in total. The van der Waals surface area contributed by atoms with E-state index < -0.39 is 0 Å². The summed E-state index contributed by atoms with van der Waals surface area (Å²) in [6.07, 6.45) is 2.50. The van der Waals surface area contributed by atoms with Crippen molar-refractivity contribution in [2.75, 3.05) is 7.11 Å². The highest BCUT2D eigenvalue weighted by molar-refractivity contribution is 5.84. The SMILES string of the molecule is CCc1c[nH]c2c(OC)cccc2c1=O. The van der Waals surface area contributed by atoms with Gasteiger partial charge < -0.3 is 9.72 Å². The molecular weight excluding hydrogens is 190 g/mol. The maximum Gasteiger partial charge on any atom is 0.192 e. The number of pyridine rings is 1. The Kier molecular flexibility index (Phi) is 2.46. The van der Waals surface area contributed by atoms with Crippen LogP contribution in [0.2, 0.25) is 0 Å². The van der Waals surface area contributed by atoms with E-state index in [1.54, 1.807) is 13.3 Å². The summed E-state index contributed by atoms with van der Waals surface area (Å²) in [5, 5.41) is 0.689. The quantitative estimate of drug-likeness (QED) is 0.812. The Morgan fingerprint density at radius 1 is 1.40 bits per heavy atom. The second-order valence-corrected chi connectivity index (χ2v) is 3.38. The molecule has 0 aliphatic heterocycles. The molecule has 0 fully saturated rings. The second-order valence-electron chi connectivity index (χ2n) is 3.38. The van der Waals surface area contributed by atoms with Gasteiger partial charge in [0, 0.05) is 17.1 Å². The van der Waals surface area contributed by atoms with Crippen LogP contribution in [0.3, 0.4) is 0 Å². The standard InChI is InChI=1S/C12H13NO2/c1-3-8-7-13-11-9(12(8)14)5-4-6-10(11)15-2/h4-7H,3H2,1-2H3,(H,13,14). The molecule has 1 heterocycles. The van der Waals surface area contributed by atoms with Crippen molar-refractivity contribution in [1.82, 2.24) is 4.98 Å². The van der Waals surface area contributed by atoms with E-state index in [-0.39, 0.29) is 5.43 Å². The van der Waals surface area contributed by atoms with Crippen LogP contribution < -0.4 is 10.2 Å². The van der Waals surface area contributed by atoms with Gasteiger partial charge in [-0.15, -0.1) is 0 Å². The van der Waals surface area contributed by atoms with Crippen LogP contribution in [-0.2, 0) is 6.42 Å². The summed E-state index contributed by atoms with van der Waals surface area (Å²) in [5.74, 6) is 0.701. The average molecular weight is 203 g/mol. The van der Waals surface area contributed by atoms with E-state index >= 15 is 0 Å². The molecular formula is C12H13NO2. The van der Waals surface area contributed by atoms with Crippen LogP contribution in [0.1, 0.15) is 12.5 Å². The summed E-state index contributed by atoms with van der Waals surface area (Å²) in [5.41, 5.74) is 1.66. The van der Waals surface area contributed by atoms with Gasteiger partial charge in [0.2, 0.25) is 0 Å². The molecule has 2 aromatic rings. The fourth-order valence-corrected chi connectivity index (χ4v) is 1.70. The number of aromatic amines is 1. The van der Waals surface area contributed by atoms with Crippen LogP contribution in [0.25, 0.3) is 10.9 Å². The molecule has 0 unspecified atom stereocenters. The maximum atomic E-state index is 12.0. The summed E-state index contributed by atoms with van der Waals surface area (Å²) in [6.45, 7) is 1.97. The van der Waals surface area contributed by atoms with Crippen molar-refractivity contribution in [3.63, 3.8) is 0 Å². The normalized spacial score (nSPS) is 10.5. The Balaban J connectivity index is 2.84. The summed E-state index contributed by atoms with van der Waals surface area (Å²) in [6, 6.07) is 5.48. The highest BCUT2D eigenvalue weighted by Gasteiger charge is 2.06. The number of aromatic nitrogens is 1. The fraction of sp³-hybridized carbons (Fsp3) is 0.250. The first kappa shape index (κ1) is 9.77. The van der Waals surface area contributed by atoms with Crippen molar-refractivity contribution in [2.45, 2.75) is 13.3 Å². The molecule has 1 aromatic heterocycles. The van der Waals surface area contributed by atoms with Crippen molar-refractivity contribution in [3.8, 4) is 5.75 Å². The van der Waals surface area contributed by atoms with Crippen molar-refractivity contribution < 1.29 is 4.74 Å². The minimum absolute atomic E-state index is 0.0881. The number of hydrogen-bond donors (Lipinski definition) is 1. The number of rotatable bonds is 2. The van der Waals surface area contributed by atoms with Crippen molar-refractivity contribution >= 4 is 10.9 Å². The van der Waals surface area contributed by atoms with Gasteiger partial charge in [0.25, 0.3) is 0 Å². The fourth-order valence-electron chi connectivity index (χ4n) is 1.70. The third-order valence-electron chi connectivity index (χ3n) is 2.55. The van der Waals surface area contributed by atoms with Gasteiger partial charge >= 0.3 is 0 Å². The molecule has 78 valence electrons. The Bertz CT molecular complexity index is 543. The lowest BCUT2D eigenvalue weighted by Gasteiger charge is -2.05. The van der Waals surface area contributed by atoms with E-state index in [1.165, 1.54) is 0 Å². The number of ether oxygens (including phenoxy) is 1. The number of H-pyrrole nitrogens is 1. The molecule has 1 aromatic carbocycles. The molecule has 0 bridgehead atoms. The summed E-state index contributed by atoms with van der Waals surface area (Å²) < 4.78 is 5.19. The van der Waals surface area contributed by atoms with Crippen LogP contribution in [0.4, 0.5) is 0 Å². The van der Waals surface area contributed by atoms with E-state index in [4.69, 9.17) is 4.74 Å². The lowest BCUT2D eigenvalue weighted by atomic mass is 10.1. The first-order valence-corrected chi connectivity index (χ1v) is 4.95. The molecule has 15 heavy (non-hydrogen) atoms. The topological polar surface area (TPSA) is 42.1 Å². The Hall–Kier alpha value is -1.77. The number of methoxy groups -OCH3 is 1. The molecule has 0 aliphatic rings. The summed E-state index contributed by atoms with van der Waals surface area (Å²) >= 11 is 0. The average Bonchev–Trinajstić information content (AvgIpc) is 2.29. The van der Waals surface area contributed by atoms with Crippen molar-refractivity contribution in [1.29, 1.82) is 0 Å². The second kappa shape index (κ2) is 3.77. The van der Waals surface area contributed by atoms with E-state index in [0.717, 1.165) is 17.5 Å². The van der Waals surface area contributed by atoms with Crippen LogP contribution in [0.15, 0.2) is 29.2 Å². The third-order valence-corrected chi connectivity index (χ3v) is 2.55. The molecule has 0 aliphatic carbocycles. The summed E-state index contributed by atoms with van der Waals surface area (Å²) in [4.78, 5) is 15.1. The van der Waals surface area contributed by atoms with E-state index in [1.807, 2.05) is 25.1 Å². The van der Waals surface area contributed by atoms with Gasteiger partial charge in [0.05, 0.1) is 12.6 Å². The number of nitrogens with one attached hydrogen (secondary N) is 1. The predicted octanol–water partition coefficient (Wildman–Crippen LogP) is 2.10. The number of benzene rings is 1. The zero-order valence-electron chi connectivity index (χ0n) is 8.83. The number of hydrogen-bond acceptors (Lipinski definition) is 2. The van der Waals surface area contributed by atoms with Gasteiger partial charge in [0.15, 0.2) is 5.43 Å². The van der Waals surface area contributed by atoms with E-state index in [9.17, 15) is 4.79 Å². The van der Waals surface area contributed by atoms with E-state index in [0.29, 0.717) is 11.1 Å². The highest BCUT2D eigenvalue weighted by atomic mass is 16.5.